The Labute approximate surface area is 127 Å². The van der Waals surface area contributed by atoms with Gasteiger partial charge in [-0.3, -0.25) is 0 Å². The number of thiazole rings is 1. The van der Waals surface area contributed by atoms with Crippen LogP contribution in [0.25, 0.3) is 22.4 Å². The first-order chi connectivity index (χ1) is 10.3. The van der Waals surface area contributed by atoms with Gasteiger partial charge in [0.05, 0.1) is 6.61 Å². The zero-order chi connectivity index (χ0) is 14.7. The molecule has 0 bridgehead atoms. The summed E-state index contributed by atoms with van der Waals surface area (Å²) < 4.78 is 11.0. The highest BCUT2D eigenvalue weighted by molar-refractivity contribution is 7.14. The van der Waals surface area contributed by atoms with Crippen molar-refractivity contribution in [3.8, 4) is 11.5 Å². The van der Waals surface area contributed by atoms with E-state index in [-0.39, 0.29) is 0 Å². The summed E-state index contributed by atoms with van der Waals surface area (Å²) >= 11 is 1.59. The van der Waals surface area contributed by atoms with Gasteiger partial charge in [0.25, 0.3) is 0 Å². The number of ether oxygens (including phenoxy) is 1. The van der Waals surface area contributed by atoms with E-state index < -0.39 is 0 Å². The van der Waals surface area contributed by atoms with Gasteiger partial charge in [-0.25, -0.2) is 4.98 Å². The Kier molecular flexibility index (Phi) is 4.22. The van der Waals surface area contributed by atoms with Gasteiger partial charge >= 0.3 is 0 Å². The van der Waals surface area contributed by atoms with E-state index in [0.717, 1.165) is 35.1 Å². The fourth-order valence-electron chi connectivity index (χ4n) is 2.38. The van der Waals surface area contributed by atoms with Gasteiger partial charge in [0.1, 0.15) is 11.3 Å². The third-order valence-corrected chi connectivity index (χ3v) is 4.17. The summed E-state index contributed by atoms with van der Waals surface area (Å²) in [4.78, 5) is 4.61. The highest BCUT2D eigenvalue weighted by Crippen LogP contribution is 2.35. The van der Waals surface area contributed by atoms with Crippen molar-refractivity contribution in [3.05, 3.63) is 35.2 Å². The molecule has 0 aliphatic rings. The lowest BCUT2D eigenvalue weighted by atomic mass is 10.1. The molecule has 21 heavy (non-hydrogen) atoms. The van der Waals surface area contributed by atoms with Gasteiger partial charge in [0, 0.05) is 30.0 Å². The Morgan fingerprint density at radius 2 is 2.19 bits per heavy atom. The number of rotatable bonds is 6. The van der Waals surface area contributed by atoms with Crippen molar-refractivity contribution < 1.29 is 9.15 Å². The number of methoxy groups -OCH3 is 1. The van der Waals surface area contributed by atoms with Gasteiger partial charge < -0.3 is 14.5 Å². The molecule has 4 nitrogen and oxygen atoms in total. The van der Waals surface area contributed by atoms with Crippen molar-refractivity contribution >= 4 is 27.4 Å². The smallest absolute Gasteiger partial charge is 0.183 e. The molecular weight excluding hydrogens is 284 g/mol. The van der Waals surface area contributed by atoms with Crippen LogP contribution >= 0.6 is 11.3 Å². The van der Waals surface area contributed by atoms with Crippen LogP contribution in [-0.4, -0.2) is 25.2 Å². The van der Waals surface area contributed by atoms with Gasteiger partial charge in [-0.15, -0.1) is 11.3 Å². The Hall–Kier alpha value is -1.85. The molecule has 1 N–H and O–H groups in total. The first-order valence-corrected chi connectivity index (χ1v) is 7.90. The number of fused-ring (bicyclic) bond motifs is 1. The van der Waals surface area contributed by atoms with Crippen LogP contribution in [0.4, 0.5) is 5.13 Å². The van der Waals surface area contributed by atoms with Crippen LogP contribution in [0.2, 0.25) is 0 Å². The topological polar surface area (TPSA) is 47.3 Å². The molecule has 110 valence electrons. The number of benzene rings is 1. The second kappa shape index (κ2) is 6.28. The maximum absolute atomic E-state index is 6.01. The van der Waals surface area contributed by atoms with Gasteiger partial charge in [-0.2, -0.15) is 0 Å². The predicted octanol–water partition coefficient (Wildman–Crippen LogP) is 4.18. The molecule has 0 amide bonds. The van der Waals surface area contributed by atoms with E-state index in [4.69, 9.17) is 9.15 Å². The monoisotopic (exact) mass is 302 g/mol. The summed E-state index contributed by atoms with van der Waals surface area (Å²) in [6, 6.07) is 8.14. The summed E-state index contributed by atoms with van der Waals surface area (Å²) in [5.74, 6) is 0.884. The lowest BCUT2D eigenvalue weighted by Gasteiger charge is -2.00. The molecule has 2 heterocycles. The van der Waals surface area contributed by atoms with Crippen LogP contribution in [0.15, 0.2) is 34.1 Å². The molecule has 3 rings (SSSR count). The molecule has 3 aromatic rings. The summed E-state index contributed by atoms with van der Waals surface area (Å²) in [6.07, 6.45) is 0.927. The Balaban J connectivity index is 1.93. The van der Waals surface area contributed by atoms with Crippen LogP contribution in [0.1, 0.15) is 12.5 Å². The molecule has 2 aromatic heterocycles. The van der Waals surface area contributed by atoms with Gasteiger partial charge in [-0.05, 0) is 12.5 Å². The number of nitrogens with one attached hydrogen (secondary N) is 1. The number of hydrogen-bond acceptors (Lipinski definition) is 5. The van der Waals surface area contributed by atoms with E-state index in [9.17, 15) is 0 Å². The average molecular weight is 302 g/mol. The third kappa shape index (κ3) is 2.80. The Morgan fingerprint density at radius 3 is 3.00 bits per heavy atom. The molecule has 0 unspecified atom stereocenters. The SMILES string of the molecule is CCc1c(-c2csc(NCCOC)n2)oc2ccccc12. The first kappa shape index (κ1) is 14.1. The highest BCUT2D eigenvalue weighted by atomic mass is 32.1. The first-order valence-electron chi connectivity index (χ1n) is 7.02. The van der Waals surface area contributed by atoms with E-state index >= 15 is 0 Å². The molecule has 1 aromatic carbocycles. The number of aryl methyl sites for hydroxylation is 1. The Bertz CT molecular complexity index is 733. The fraction of sp³-hybridized carbons (Fsp3) is 0.312. The van der Waals surface area contributed by atoms with E-state index in [2.05, 4.69) is 23.3 Å². The molecular formula is C16H18N2O2S. The van der Waals surface area contributed by atoms with E-state index in [1.807, 2.05) is 23.6 Å². The molecule has 0 radical (unpaired) electrons. The number of hydrogen-bond donors (Lipinski definition) is 1. The summed E-state index contributed by atoms with van der Waals surface area (Å²) in [7, 11) is 1.69. The minimum Gasteiger partial charge on any atom is -0.454 e. The summed E-state index contributed by atoms with van der Waals surface area (Å²) in [6.45, 7) is 3.56. The van der Waals surface area contributed by atoms with Gasteiger partial charge in [0.2, 0.25) is 0 Å². The van der Waals surface area contributed by atoms with Crippen molar-refractivity contribution in [3.63, 3.8) is 0 Å². The maximum atomic E-state index is 6.01. The molecule has 0 aliphatic heterocycles. The summed E-state index contributed by atoms with van der Waals surface area (Å²) in [5.41, 5.74) is 3.04. The van der Waals surface area contributed by atoms with Crippen LogP contribution in [-0.2, 0) is 11.2 Å². The number of furan rings is 1. The van der Waals surface area contributed by atoms with Crippen molar-refractivity contribution in [2.45, 2.75) is 13.3 Å². The largest absolute Gasteiger partial charge is 0.454 e. The van der Waals surface area contributed by atoms with Gasteiger partial charge in [-0.1, -0.05) is 25.1 Å². The number of aromatic nitrogens is 1. The lowest BCUT2D eigenvalue weighted by Crippen LogP contribution is -2.07. The van der Waals surface area contributed by atoms with Crippen molar-refractivity contribution in [1.82, 2.24) is 4.98 Å². The molecule has 0 fully saturated rings. The van der Waals surface area contributed by atoms with Crippen LogP contribution in [0.5, 0.6) is 0 Å². The van der Waals surface area contributed by atoms with E-state index in [0.29, 0.717) is 6.61 Å². The van der Waals surface area contributed by atoms with Crippen LogP contribution in [0.3, 0.4) is 0 Å². The predicted molar refractivity (Wildman–Crippen MR) is 87.1 cm³/mol. The maximum Gasteiger partial charge on any atom is 0.183 e. The van der Waals surface area contributed by atoms with Crippen LogP contribution in [0, 0.1) is 0 Å². The van der Waals surface area contributed by atoms with E-state index in [1.54, 1.807) is 18.4 Å². The molecule has 0 aliphatic carbocycles. The van der Waals surface area contributed by atoms with Crippen LogP contribution < -0.4 is 5.32 Å². The number of anilines is 1. The van der Waals surface area contributed by atoms with Crippen molar-refractivity contribution in [2.24, 2.45) is 0 Å². The second-order valence-electron chi connectivity index (χ2n) is 4.72. The molecule has 0 saturated carbocycles. The highest BCUT2D eigenvalue weighted by Gasteiger charge is 2.16. The normalized spacial score (nSPS) is 11.1. The standard InChI is InChI=1S/C16H18N2O2S/c1-3-11-12-6-4-5-7-14(12)20-15(11)13-10-21-16(18-13)17-8-9-19-2/h4-7,10H,3,8-9H2,1-2H3,(H,17,18). The molecule has 0 saturated heterocycles. The molecule has 0 atom stereocenters. The minimum atomic E-state index is 0.666. The quantitative estimate of drug-likeness (QED) is 0.694. The lowest BCUT2D eigenvalue weighted by molar-refractivity contribution is 0.211. The number of para-hydroxylation sites is 1. The number of nitrogens with zero attached hydrogens (tertiary/aromatic N) is 1. The van der Waals surface area contributed by atoms with Crippen molar-refractivity contribution in [1.29, 1.82) is 0 Å². The minimum absolute atomic E-state index is 0.666. The molecule has 0 spiro atoms. The third-order valence-electron chi connectivity index (χ3n) is 3.37. The van der Waals surface area contributed by atoms with E-state index in [1.165, 1.54) is 10.9 Å². The fourth-order valence-corrected chi connectivity index (χ4v) is 3.10. The van der Waals surface area contributed by atoms with Gasteiger partial charge in [0.15, 0.2) is 10.9 Å². The zero-order valence-electron chi connectivity index (χ0n) is 12.2. The average Bonchev–Trinajstić information content (AvgIpc) is 3.11. The summed E-state index contributed by atoms with van der Waals surface area (Å²) in [5, 5.41) is 7.35. The Morgan fingerprint density at radius 1 is 1.33 bits per heavy atom. The molecule has 5 heteroatoms. The zero-order valence-corrected chi connectivity index (χ0v) is 13.0. The van der Waals surface area contributed by atoms with Crippen molar-refractivity contribution in [2.75, 3.05) is 25.6 Å². The second-order valence-corrected chi connectivity index (χ2v) is 5.58.